The van der Waals surface area contributed by atoms with Crippen molar-refractivity contribution >= 4 is 49.9 Å². The fourth-order valence-electron chi connectivity index (χ4n) is 3.75. The van der Waals surface area contributed by atoms with Gasteiger partial charge in [-0.2, -0.15) is 0 Å². The number of para-hydroxylation sites is 1. The van der Waals surface area contributed by atoms with Gasteiger partial charge in [0.05, 0.1) is 33.6 Å². The summed E-state index contributed by atoms with van der Waals surface area (Å²) >= 11 is 7.72. The van der Waals surface area contributed by atoms with Crippen molar-refractivity contribution in [2.45, 2.75) is 26.9 Å². The number of hydrogen-bond donors (Lipinski definition) is 0. The van der Waals surface area contributed by atoms with E-state index >= 15 is 0 Å². The minimum absolute atomic E-state index is 0.101. The lowest BCUT2D eigenvalue weighted by molar-refractivity contribution is -0.117. The van der Waals surface area contributed by atoms with Crippen molar-refractivity contribution in [1.29, 1.82) is 0 Å². The number of amides is 1. The fourth-order valence-corrected chi connectivity index (χ4v) is 4.94. The molecule has 5 aromatic rings. The predicted octanol–water partition coefficient (Wildman–Crippen LogP) is 7.04. The Morgan fingerprint density at radius 2 is 1.86 bits per heavy atom. The van der Waals surface area contributed by atoms with Crippen LogP contribution < -0.4 is 9.64 Å². The SMILES string of the molecule is Cc1noc(C)c1COc1ccc(CC(=O)N(c2cccc(Cl)c2)c2nc3ccccc3s2)cc1. The number of aryl methyl sites for hydroxylation is 2. The van der Waals surface area contributed by atoms with Crippen molar-refractivity contribution in [1.82, 2.24) is 10.1 Å². The van der Waals surface area contributed by atoms with E-state index in [-0.39, 0.29) is 12.3 Å². The molecule has 8 heteroatoms. The Morgan fingerprint density at radius 3 is 2.57 bits per heavy atom. The zero-order valence-corrected chi connectivity index (χ0v) is 20.8. The number of aromatic nitrogens is 2. The van der Waals surface area contributed by atoms with Gasteiger partial charge in [-0.3, -0.25) is 9.69 Å². The quantitative estimate of drug-likeness (QED) is 0.238. The first-order valence-corrected chi connectivity index (χ1v) is 12.2. The number of carbonyl (C=O) groups is 1. The van der Waals surface area contributed by atoms with Crippen LogP contribution in [-0.4, -0.2) is 16.0 Å². The smallest absolute Gasteiger partial charge is 0.237 e. The van der Waals surface area contributed by atoms with Gasteiger partial charge in [-0.05, 0) is 61.9 Å². The number of carbonyl (C=O) groups excluding carboxylic acids is 1. The molecule has 176 valence electrons. The normalized spacial score (nSPS) is 11.1. The first-order valence-electron chi connectivity index (χ1n) is 11.1. The first-order chi connectivity index (χ1) is 17.0. The molecule has 0 saturated carbocycles. The lowest BCUT2D eigenvalue weighted by atomic mass is 10.1. The maximum absolute atomic E-state index is 13.5. The molecule has 0 saturated heterocycles. The molecular weight excluding hydrogens is 482 g/mol. The predicted molar refractivity (Wildman–Crippen MR) is 139 cm³/mol. The van der Waals surface area contributed by atoms with E-state index in [0.29, 0.717) is 28.2 Å². The third-order valence-corrected chi connectivity index (χ3v) is 6.89. The molecule has 0 aliphatic rings. The largest absolute Gasteiger partial charge is 0.489 e. The van der Waals surface area contributed by atoms with Crippen molar-refractivity contribution in [2.75, 3.05) is 4.90 Å². The first kappa shape index (κ1) is 23.1. The van der Waals surface area contributed by atoms with Crippen LogP contribution in [0.4, 0.5) is 10.8 Å². The summed E-state index contributed by atoms with van der Waals surface area (Å²) in [7, 11) is 0. The minimum Gasteiger partial charge on any atom is -0.489 e. The zero-order valence-electron chi connectivity index (χ0n) is 19.2. The summed E-state index contributed by atoms with van der Waals surface area (Å²) in [6.07, 6.45) is 0.201. The van der Waals surface area contributed by atoms with Crippen LogP contribution in [-0.2, 0) is 17.8 Å². The Labute approximate surface area is 211 Å². The number of hydrogen-bond acceptors (Lipinski definition) is 6. The Hall–Kier alpha value is -3.68. The van der Waals surface area contributed by atoms with E-state index in [2.05, 4.69) is 5.16 Å². The molecule has 0 N–H and O–H groups in total. The van der Waals surface area contributed by atoms with E-state index in [1.54, 1.807) is 17.0 Å². The molecule has 0 aliphatic heterocycles. The molecule has 0 bridgehead atoms. The summed E-state index contributed by atoms with van der Waals surface area (Å²) in [5.41, 5.74) is 4.17. The average Bonchev–Trinajstić information content (AvgIpc) is 3.41. The van der Waals surface area contributed by atoms with Gasteiger partial charge in [0.2, 0.25) is 5.91 Å². The van der Waals surface area contributed by atoms with E-state index < -0.39 is 0 Å². The molecule has 0 fully saturated rings. The number of thiazole rings is 1. The highest BCUT2D eigenvalue weighted by Crippen LogP contribution is 2.35. The maximum Gasteiger partial charge on any atom is 0.237 e. The number of halogens is 1. The summed E-state index contributed by atoms with van der Waals surface area (Å²) in [6, 6.07) is 22.6. The van der Waals surface area contributed by atoms with Crippen molar-refractivity contribution in [2.24, 2.45) is 0 Å². The molecule has 2 heterocycles. The van der Waals surface area contributed by atoms with Crippen LogP contribution in [0.15, 0.2) is 77.3 Å². The molecule has 0 radical (unpaired) electrons. The number of rotatable bonds is 7. The van der Waals surface area contributed by atoms with E-state index in [0.717, 1.165) is 32.8 Å². The van der Waals surface area contributed by atoms with Crippen LogP contribution in [0.5, 0.6) is 5.75 Å². The van der Waals surface area contributed by atoms with Gasteiger partial charge in [-0.25, -0.2) is 4.98 Å². The molecular formula is C27H22ClN3O3S. The summed E-state index contributed by atoms with van der Waals surface area (Å²) in [4.78, 5) is 19.9. The monoisotopic (exact) mass is 503 g/mol. The zero-order chi connectivity index (χ0) is 24.4. The summed E-state index contributed by atoms with van der Waals surface area (Å²) < 4.78 is 12.1. The highest BCUT2D eigenvalue weighted by molar-refractivity contribution is 7.22. The van der Waals surface area contributed by atoms with E-state index in [4.69, 9.17) is 25.8 Å². The van der Waals surface area contributed by atoms with Gasteiger partial charge in [-0.1, -0.05) is 58.4 Å². The van der Waals surface area contributed by atoms with Crippen LogP contribution in [0, 0.1) is 13.8 Å². The van der Waals surface area contributed by atoms with Gasteiger partial charge < -0.3 is 9.26 Å². The summed E-state index contributed by atoms with van der Waals surface area (Å²) in [6.45, 7) is 4.13. The Kier molecular flexibility index (Phi) is 6.53. The fraction of sp³-hybridized carbons (Fsp3) is 0.148. The molecule has 35 heavy (non-hydrogen) atoms. The van der Waals surface area contributed by atoms with Gasteiger partial charge in [0, 0.05) is 5.02 Å². The third kappa shape index (κ3) is 5.06. The van der Waals surface area contributed by atoms with Crippen molar-refractivity contribution in [3.63, 3.8) is 0 Å². The van der Waals surface area contributed by atoms with Crippen molar-refractivity contribution in [3.8, 4) is 5.75 Å². The number of anilines is 2. The lowest BCUT2D eigenvalue weighted by Crippen LogP contribution is -2.27. The lowest BCUT2D eigenvalue weighted by Gasteiger charge is -2.20. The standard InChI is InChI=1S/C27H22ClN3O3S/c1-17-23(18(2)34-30-17)16-33-22-12-10-19(11-13-22)14-26(32)31(21-7-5-6-20(28)15-21)27-29-24-8-3-4-9-25(24)35-27/h3-13,15H,14,16H2,1-2H3. The minimum atomic E-state index is -0.101. The van der Waals surface area contributed by atoms with E-state index in [9.17, 15) is 4.79 Å². The number of benzene rings is 3. The highest BCUT2D eigenvalue weighted by atomic mass is 35.5. The Bertz CT molecular complexity index is 1440. The van der Waals surface area contributed by atoms with Crippen LogP contribution in [0.1, 0.15) is 22.6 Å². The second kappa shape index (κ2) is 9.90. The van der Waals surface area contributed by atoms with Crippen LogP contribution in [0.3, 0.4) is 0 Å². The van der Waals surface area contributed by atoms with Gasteiger partial charge in [0.25, 0.3) is 0 Å². The summed E-state index contributed by atoms with van der Waals surface area (Å²) in [5, 5.41) is 5.12. The molecule has 3 aromatic carbocycles. The molecule has 0 atom stereocenters. The molecule has 0 unspecified atom stereocenters. The van der Waals surface area contributed by atoms with Crippen LogP contribution in [0.25, 0.3) is 10.2 Å². The van der Waals surface area contributed by atoms with Crippen LogP contribution >= 0.6 is 22.9 Å². The molecule has 0 aliphatic carbocycles. The maximum atomic E-state index is 13.5. The van der Waals surface area contributed by atoms with Crippen molar-refractivity contribution in [3.05, 3.63) is 100 Å². The Morgan fingerprint density at radius 1 is 1.06 bits per heavy atom. The molecule has 6 nitrogen and oxygen atoms in total. The van der Waals surface area contributed by atoms with Gasteiger partial charge in [0.15, 0.2) is 5.13 Å². The number of ether oxygens (including phenoxy) is 1. The molecule has 1 amide bonds. The second-order valence-electron chi connectivity index (χ2n) is 8.09. The molecule has 5 rings (SSSR count). The van der Waals surface area contributed by atoms with Crippen molar-refractivity contribution < 1.29 is 14.1 Å². The topological polar surface area (TPSA) is 68.5 Å². The van der Waals surface area contributed by atoms with E-state index in [1.807, 2.05) is 74.5 Å². The van der Waals surface area contributed by atoms with Gasteiger partial charge in [0.1, 0.15) is 18.1 Å². The van der Waals surface area contributed by atoms with Crippen LogP contribution in [0.2, 0.25) is 5.02 Å². The highest BCUT2D eigenvalue weighted by Gasteiger charge is 2.22. The van der Waals surface area contributed by atoms with Gasteiger partial charge in [-0.15, -0.1) is 0 Å². The number of fused-ring (bicyclic) bond motifs is 1. The second-order valence-corrected chi connectivity index (χ2v) is 9.53. The third-order valence-electron chi connectivity index (χ3n) is 5.63. The summed E-state index contributed by atoms with van der Waals surface area (Å²) in [5.74, 6) is 1.36. The average molecular weight is 504 g/mol. The van der Waals surface area contributed by atoms with Gasteiger partial charge >= 0.3 is 0 Å². The molecule has 0 spiro atoms. The van der Waals surface area contributed by atoms with E-state index in [1.165, 1.54) is 11.3 Å². The Balaban J connectivity index is 1.36. The molecule has 2 aromatic heterocycles. The number of nitrogens with zero attached hydrogens (tertiary/aromatic N) is 3.